The first-order valence-electron chi connectivity index (χ1n) is 8.87. The molecule has 2 aromatic heterocycles. The van der Waals surface area contributed by atoms with Gasteiger partial charge in [0.15, 0.2) is 0 Å². The van der Waals surface area contributed by atoms with Crippen LogP contribution in [0.2, 0.25) is 0 Å². The summed E-state index contributed by atoms with van der Waals surface area (Å²) in [5.41, 5.74) is 2.50. The van der Waals surface area contributed by atoms with Gasteiger partial charge in [0.1, 0.15) is 0 Å². The van der Waals surface area contributed by atoms with Gasteiger partial charge in [-0.2, -0.15) is 0 Å². The fourth-order valence-electron chi connectivity index (χ4n) is 4.58. The Hall–Kier alpha value is -2.44. The van der Waals surface area contributed by atoms with Crippen LogP contribution in [0.4, 0.5) is 0 Å². The van der Waals surface area contributed by atoms with Crippen molar-refractivity contribution in [3.63, 3.8) is 0 Å². The molecule has 3 aliphatic rings. The van der Waals surface area contributed by atoms with Crippen molar-refractivity contribution in [3.05, 3.63) is 23.0 Å². The molecule has 1 aliphatic carbocycles. The Bertz CT molecular complexity index is 901. The number of amides is 1. The van der Waals surface area contributed by atoms with Gasteiger partial charge in [-0.3, -0.25) is 9.59 Å². The lowest BCUT2D eigenvalue weighted by Crippen LogP contribution is -2.38. The number of fused-ring (bicyclic) bond motifs is 3. The molecule has 5 rings (SSSR count). The predicted octanol–water partition coefficient (Wildman–Crippen LogP) is 2.49. The molecule has 2 saturated heterocycles. The molecule has 1 saturated carbocycles. The van der Waals surface area contributed by atoms with Crippen LogP contribution >= 0.6 is 0 Å². The highest BCUT2D eigenvalue weighted by molar-refractivity contribution is 6.06. The molecule has 2 bridgehead atoms. The van der Waals surface area contributed by atoms with Gasteiger partial charge in [0, 0.05) is 23.7 Å². The number of carbonyl (C=O) groups excluding carboxylic acids is 1. The van der Waals surface area contributed by atoms with Crippen LogP contribution in [0.25, 0.3) is 11.1 Å². The molecule has 0 unspecified atom stereocenters. The quantitative estimate of drug-likeness (QED) is 0.921. The first-order chi connectivity index (χ1) is 12.0. The molecule has 4 heterocycles. The Morgan fingerprint density at radius 2 is 2.08 bits per heavy atom. The first-order valence-corrected chi connectivity index (χ1v) is 8.87. The summed E-state index contributed by atoms with van der Waals surface area (Å²) in [6.45, 7) is 1.81. The maximum Gasteiger partial charge on any atom is 0.308 e. The molecule has 1 amide bonds. The van der Waals surface area contributed by atoms with Crippen molar-refractivity contribution in [2.45, 2.75) is 57.0 Å². The Morgan fingerprint density at radius 3 is 2.76 bits per heavy atom. The van der Waals surface area contributed by atoms with Crippen LogP contribution in [0.3, 0.4) is 0 Å². The lowest BCUT2D eigenvalue weighted by atomic mass is 9.89. The number of carboxylic acid groups (broad SMARTS) is 1. The van der Waals surface area contributed by atoms with Crippen molar-refractivity contribution in [2.75, 3.05) is 0 Å². The Kier molecular flexibility index (Phi) is 2.99. The second-order valence-corrected chi connectivity index (χ2v) is 7.51. The molecule has 7 heteroatoms. The van der Waals surface area contributed by atoms with E-state index in [4.69, 9.17) is 4.52 Å². The molecule has 130 valence electrons. The Balaban J connectivity index is 1.60. The van der Waals surface area contributed by atoms with Crippen molar-refractivity contribution in [1.29, 1.82) is 0 Å². The molecular formula is C18H19N3O4. The summed E-state index contributed by atoms with van der Waals surface area (Å²) in [5.74, 6) is -0.962. The van der Waals surface area contributed by atoms with Crippen LogP contribution in [-0.4, -0.2) is 44.1 Å². The van der Waals surface area contributed by atoms with Gasteiger partial charge in [0.25, 0.3) is 11.6 Å². The third-order valence-electron chi connectivity index (χ3n) is 5.95. The fourth-order valence-corrected chi connectivity index (χ4v) is 4.58. The van der Waals surface area contributed by atoms with Gasteiger partial charge >= 0.3 is 5.97 Å². The van der Waals surface area contributed by atoms with Gasteiger partial charge in [-0.15, -0.1) is 0 Å². The third-order valence-corrected chi connectivity index (χ3v) is 5.95. The largest absolute Gasteiger partial charge is 0.481 e. The zero-order valence-electron chi connectivity index (χ0n) is 13.9. The molecule has 0 radical (unpaired) electrons. The summed E-state index contributed by atoms with van der Waals surface area (Å²) in [5, 5.41) is 14.1. The molecule has 3 atom stereocenters. The number of hydrogen-bond donors (Lipinski definition) is 1. The predicted molar refractivity (Wildman–Crippen MR) is 87.2 cm³/mol. The fraction of sp³-hybridized carbons (Fsp3) is 0.556. The third kappa shape index (κ3) is 2.11. The van der Waals surface area contributed by atoms with Gasteiger partial charge in [0.2, 0.25) is 0 Å². The first kappa shape index (κ1) is 14.9. The zero-order chi connectivity index (χ0) is 17.3. The number of aliphatic carboxylic acids is 1. The monoisotopic (exact) mass is 341 g/mol. The van der Waals surface area contributed by atoms with Crippen molar-refractivity contribution in [3.8, 4) is 0 Å². The lowest BCUT2D eigenvalue weighted by molar-refractivity contribution is -0.142. The van der Waals surface area contributed by atoms with E-state index in [9.17, 15) is 14.7 Å². The van der Waals surface area contributed by atoms with Gasteiger partial charge in [-0.1, -0.05) is 5.16 Å². The SMILES string of the molecule is Cc1noc2nc(C3CC3)cc(C(=O)N3[C@@H]4CC[C@H]3[C@H](C(=O)O)C4)c12. The minimum atomic E-state index is -0.801. The maximum absolute atomic E-state index is 13.4. The summed E-state index contributed by atoms with van der Waals surface area (Å²) in [7, 11) is 0. The van der Waals surface area contributed by atoms with E-state index < -0.39 is 11.9 Å². The number of carbonyl (C=O) groups is 2. The topological polar surface area (TPSA) is 96.5 Å². The molecule has 25 heavy (non-hydrogen) atoms. The molecule has 3 fully saturated rings. The molecule has 2 aliphatic heterocycles. The molecule has 1 N–H and O–H groups in total. The van der Waals surface area contributed by atoms with Crippen molar-refractivity contribution in [2.24, 2.45) is 5.92 Å². The van der Waals surface area contributed by atoms with E-state index in [1.54, 1.807) is 11.8 Å². The van der Waals surface area contributed by atoms with Gasteiger partial charge in [-0.25, -0.2) is 4.98 Å². The van der Waals surface area contributed by atoms with E-state index in [0.717, 1.165) is 31.4 Å². The van der Waals surface area contributed by atoms with E-state index >= 15 is 0 Å². The number of aryl methyl sites for hydroxylation is 1. The Morgan fingerprint density at radius 1 is 1.28 bits per heavy atom. The van der Waals surface area contributed by atoms with Gasteiger partial charge in [0.05, 0.1) is 22.6 Å². The summed E-state index contributed by atoms with van der Waals surface area (Å²) in [6.07, 6.45) is 4.36. The lowest BCUT2D eigenvalue weighted by Gasteiger charge is -2.23. The van der Waals surface area contributed by atoms with E-state index in [2.05, 4.69) is 10.1 Å². The highest BCUT2D eigenvalue weighted by atomic mass is 16.5. The van der Waals surface area contributed by atoms with Crippen LogP contribution in [0, 0.1) is 12.8 Å². The molecule has 0 aromatic carbocycles. The highest BCUT2D eigenvalue weighted by Gasteiger charge is 2.51. The van der Waals surface area contributed by atoms with Crippen LogP contribution in [0.5, 0.6) is 0 Å². The van der Waals surface area contributed by atoms with Crippen LogP contribution in [0.15, 0.2) is 10.6 Å². The average Bonchev–Trinajstić information content (AvgIpc) is 3.15. The minimum absolute atomic E-state index is 0.0198. The second-order valence-electron chi connectivity index (χ2n) is 7.51. The molecule has 2 aromatic rings. The average molecular weight is 341 g/mol. The van der Waals surface area contributed by atoms with Crippen LogP contribution in [-0.2, 0) is 4.79 Å². The number of nitrogens with zero attached hydrogens (tertiary/aromatic N) is 3. The smallest absolute Gasteiger partial charge is 0.308 e. The highest BCUT2D eigenvalue weighted by Crippen LogP contribution is 2.44. The van der Waals surface area contributed by atoms with Gasteiger partial charge in [-0.05, 0) is 45.1 Å². The normalized spacial score (nSPS) is 28.0. The van der Waals surface area contributed by atoms with Crippen molar-refractivity contribution in [1.82, 2.24) is 15.0 Å². The van der Waals surface area contributed by atoms with E-state index in [1.165, 1.54) is 0 Å². The number of hydrogen-bond acceptors (Lipinski definition) is 5. The number of pyridine rings is 1. The maximum atomic E-state index is 13.4. The second kappa shape index (κ2) is 5.03. The van der Waals surface area contributed by atoms with E-state index in [-0.39, 0.29) is 18.0 Å². The van der Waals surface area contributed by atoms with Crippen molar-refractivity contribution < 1.29 is 19.2 Å². The van der Waals surface area contributed by atoms with Crippen LogP contribution in [0.1, 0.15) is 59.8 Å². The van der Waals surface area contributed by atoms with Crippen LogP contribution < -0.4 is 0 Å². The summed E-state index contributed by atoms with van der Waals surface area (Å²) >= 11 is 0. The standard InChI is InChI=1S/C18H19N3O4/c1-8-15-12(7-13(9-2-3-9)19-16(15)25-20-8)17(22)21-10-4-5-14(21)11(6-10)18(23)24/h7,9-11,14H,2-6H2,1H3,(H,23,24)/t10-,11-,14+/m1/s1. The zero-order valence-corrected chi connectivity index (χ0v) is 13.9. The van der Waals surface area contributed by atoms with Crippen molar-refractivity contribution >= 4 is 23.0 Å². The van der Waals surface area contributed by atoms with E-state index in [1.807, 2.05) is 6.07 Å². The molecular weight excluding hydrogens is 322 g/mol. The number of carboxylic acids is 1. The Labute approximate surface area is 144 Å². The number of rotatable bonds is 3. The molecule has 0 spiro atoms. The summed E-state index contributed by atoms with van der Waals surface area (Å²) in [4.78, 5) is 31.2. The summed E-state index contributed by atoms with van der Waals surface area (Å²) in [6, 6.07) is 1.69. The van der Waals surface area contributed by atoms with E-state index in [0.29, 0.717) is 34.7 Å². The minimum Gasteiger partial charge on any atom is -0.481 e. The molecule has 7 nitrogen and oxygen atoms in total. The van der Waals surface area contributed by atoms with Gasteiger partial charge < -0.3 is 14.5 Å². The summed E-state index contributed by atoms with van der Waals surface area (Å²) < 4.78 is 5.32. The number of aromatic nitrogens is 2.